The Bertz CT molecular complexity index is 756. The summed E-state index contributed by atoms with van der Waals surface area (Å²) >= 11 is 0. The normalized spacial score (nSPS) is 29.1. The highest BCUT2D eigenvalue weighted by Gasteiger charge is 2.42. The monoisotopic (exact) mass is 416 g/mol. The summed E-state index contributed by atoms with van der Waals surface area (Å²) < 4.78 is 2.13. The molecule has 1 saturated carbocycles. The van der Waals surface area contributed by atoms with Crippen LogP contribution in [0.3, 0.4) is 0 Å². The van der Waals surface area contributed by atoms with Crippen LogP contribution >= 0.6 is 0 Å². The molecule has 7 heteroatoms. The van der Waals surface area contributed by atoms with Crippen molar-refractivity contribution in [2.45, 2.75) is 82.1 Å². The van der Waals surface area contributed by atoms with Gasteiger partial charge in [0.15, 0.2) is 0 Å². The number of aliphatic carboxylic acids is 1. The highest BCUT2D eigenvalue weighted by molar-refractivity contribution is 5.76. The van der Waals surface area contributed by atoms with Crippen LogP contribution in [0.4, 0.5) is 0 Å². The van der Waals surface area contributed by atoms with E-state index in [-0.39, 0.29) is 12.3 Å². The Morgan fingerprint density at radius 3 is 2.70 bits per heavy atom. The summed E-state index contributed by atoms with van der Waals surface area (Å²) in [4.78, 5) is 25.2. The predicted molar refractivity (Wildman–Crippen MR) is 114 cm³/mol. The average Bonchev–Trinajstić information content (AvgIpc) is 3.14. The van der Waals surface area contributed by atoms with Crippen LogP contribution in [0, 0.1) is 5.92 Å². The van der Waals surface area contributed by atoms with E-state index in [4.69, 9.17) is 10.2 Å². The van der Waals surface area contributed by atoms with Gasteiger partial charge in [0.05, 0.1) is 5.69 Å². The van der Waals surface area contributed by atoms with Gasteiger partial charge in [-0.15, -0.1) is 0 Å². The van der Waals surface area contributed by atoms with Crippen molar-refractivity contribution in [1.82, 2.24) is 20.0 Å². The van der Waals surface area contributed by atoms with E-state index in [9.17, 15) is 9.59 Å². The van der Waals surface area contributed by atoms with Gasteiger partial charge in [-0.2, -0.15) is 5.10 Å². The molecule has 166 valence electrons. The Morgan fingerprint density at radius 2 is 2.00 bits per heavy atom. The molecule has 4 aliphatic rings. The van der Waals surface area contributed by atoms with Gasteiger partial charge in [0, 0.05) is 56.6 Å². The Kier molecular flexibility index (Phi) is 6.76. The number of carboxylic acid groups (broad SMARTS) is 1. The van der Waals surface area contributed by atoms with Crippen LogP contribution in [-0.4, -0.2) is 57.3 Å². The van der Waals surface area contributed by atoms with Crippen LogP contribution in [-0.2, 0) is 16.6 Å². The van der Waals surface area contributed by atoms with Crippen molar-refractivity contribution in [3.05, 3.63) is 17.5 Å². The van der Waals surface area contributed by atoms with Gasteiger partial charge in [0.2, 0.25) is 5.91 Å². The highest BCUT2D eigenvalue weighted by atomic mass is 16.4. The topological polar surface area (TPSA) is 87.5 Å². The Hall–Kier alpha value is -1.89. The molecule has 0 spiro atoms. The fraction of sp³-hybridized carbons (Fsp3) is 0.783. The number of carboxylic acids is 1. The number of fused-ring (bicyclic) bond motifs is 3. The molecule has 0 aromatic carbocycles. The minimum absolute atomic E-state index is 0.0285. The maximum absolute atomic E-state index is 12.0. The molecule has 5 rings (SSSR count). The van der Waals surface area contributed by atoms with Crippen LogP contribution in [0.1, 0.15) is 87.4 Å². The second-order valence-corrected chi connectivity index (χ2v) is 9.54. The van der Waals surface area contributed by atoms with Crippen molar-refractivity contribution >= 4 is 11.9 Å². The van der Waals surface area contributed by atoms with Gasteiger partial charge in [0.25, 0.3) is 0 Å². The van der Waals surface area contributed by atoms with E-state index in [0.717, 1.165) is 19.5 Å². The summed E-state index contributed by atoms with van der Waals surface area (Å²) in [6.45, 7) is 2.83. The summed E-state index contributed by atoms with van der Waals surface area (Å²) in [5.41, 5.74) is 2.69. The first-order valence-corrected chi connectivity index (χ1v) is 11.8. The Balaban J connectivity index is 1.31. The SMILES string of the molecule is Cn1nc(C2CCCCC2)cc1[C@@H]1CN2CC[C@H]1C[C@@H]2CNC(=O)CCCC(=O)O. The molecule has 4 heterocycles. The van der Waals surface area contributed by atoms with Gasteiger partial charge in [-0.1, -0.05) is 19.3 Å². The van der Waals surface area contributed by atoms with Gasteiger partial charge in [0.1, 0.15) is 0 Å². The Labute approximate surface area is 179 Å². The van der Waals surface area contributed by atoms with E-state index < -0.39 is 5.97 Å². The average molecular weight is 417 g/mol. The lowest BCUT2D eigenvalue weighted by Crippen LogP contribution is -2.56. The number of nitrogens with one attached hydrogen (secondary N) is 1. The van der Waals surface area contributed by atoms with Crippen molar-refractivity contribution in [1.29, 1.82) is 0 Å². The van der Waals surface area contributed by atoms with Crippen LogP contribution in [0.25, 0.3) is 0 Å². The molecule has 30 heavy (non-hydrogen) atoms. The van der Waals surface area contributed by atoms with Gasteiger partial charge in [-0.3, -0.25) is 19.2 Å². The number of piperidine rings is 3. The number of rotatable bonds is 8. The maximum atomic E-state index is 12.0. The molecule has 1 aromatic heterocycles. The summed E-state index contributed by atoms with van der Waals surface area (Å²) in [5.74, 6) is 0.962. The van der Waals surface area contributed by atoms with Crippen LogP contribution in [0.2, 0.25) is 0 Å². The van der Waals surface area contributed by atoms with Gasteiger partial charge >= 0.3 is 5.97 Å². The number of amides is 1. The van der Waals surface area contributed by atoms with E-state index in [1.54, 1.807) is 0 Å². The molecule has 3 saturated heterocycles. The quantitative estimate of drug-likeness (QED) is 0.680. The van der Waals surface area contributed by atoms with Gasteiger partial charge < -0.3 is 10.4 Å². The first kappa shape index (κ1) is 21.3. The number of hydrogen-bond donors (Lipinski definition) is 2. The fourth-order valence-electron chi connectivity index (χ4n) is 5.86. The second kappa shape index (κ2) is 9.50. The van der Waals surface area contributed by atoms with E-state index in [1.165, 1.54) is 49.9 Å². The van der Waals surface area contributed by atoms with Gasteiger partial charge in [-0.05, 0) is 50.6 Å². The van der Waals surface area contributed by atoms with E-state index in [2.05, 4.69) is 28.0 Å². The second-order valence-electron chi connectivity index (χ2n) is 9.54. The first-order valence-electron chi connectivity index (χ1n) is 11.8. The number of nitrogens with zero attached hydrogens (tertiary/aromatic N) is 3. The molecule has 2 bridgehead atoms. The summed E-state index contributed by atoms with van der Waals surface area (Å²) in [6, 6.07) is 2.79. The molecular weight excluding hydrogens is 380 g/mol. The minimum Gasteiger partial charge on any atom is -0.481 e. The fourth-order valence-corrected chi connectivity index (χ4v) is 5.86. The number of aryl methyl sites for hydroxylation is 1. The molecular formula is C23H36N4O3. The zero-order chi connectivity index (χ0) is 21.1. The summed E-state index contributed by atoms with van der Waals surface area (Å²) in [6.07, 6.45) is 9.69. The third-order valence-corrected chi connectivity index (χ3v) is 7.55. The van der Waals surface area contributed by atoms with Crippen LogP contribution < -0.4 is 5.32 Å². The van der Waals surface area contributed by atoms with E-state index in [1.807, 2.05) is 0 Å². The van der Waals surface area contributed by atoms with Crippen molar-refractivity contribution in [2.75, 3.05) is 19.6 Å². The molecule has 0 radical (unpaired) electrons. The number of carbonyl (C=O) groups is 2. The molecule has 7 nitrogen and oxygen atoms in total. The van der Waals surface area contributed by atoms with Crippen molar-refractivity contribution in [2.24, 2.45) is 13.0 Å². The summed E-state index contributed by atoms with van der Waals surface area (Å²) in [7, 11) is 2.11. The standard InChI is InChI=1S/C23H36N4O3/c1-26-21(13-20(25-26)16-6-3-2-4-7-16)19-15-27-11-10-17(19)12-18(27)14-24-22(28)8-5-9-23(29)30/h13,16-19H,2-12,14-15H2,1H3,(H,24,28)(H,29,30)/t17-,18+,19+/m0/s1. The predicted octanol–water partition coefficient (Wildman–Crippen LogP) is 3.02. The number of aromatic nitrogens is 2. The highest BCUT2D eigenvalue weighted by Crippen LogP contribution is 2.42. The Morgan fingerprint density at radius 1 is 1.20 bits per heavy atom. The van der Waals surface area contributed by atoms with Crippen LogP contribution in [0.15, 0.2) is 6.07 Å². The van der Waals surface area contributed by atoms with Crippen molar-refractivity contribution in [3.8, 4) is 0 Å². The first-order chi connectivity index (χ1) is 14.5. The molecule has 1 amide bonds. The lowest BCUT2D eigenvalue weighted by atomic mass is 9.74. The lowest BCUT2D eigenvalue weighted by Gasteiger charge is -2.50. The zero-order valence-corrected chi connectivity index (χ0v) is 18.2. The molecule has 2 N–H and O–H groups in total. The molecule has 3 aliphatic heterocycles. The largest absolute Gasteiger partial charge is 0.481 e. The molecule has 1 aliphatic carbocycles. The number of carbonyl (C=O) groups excluding carboxylic acids is 1. The minimum atomic E-state index is -0.841. The van der Waals surface area contributed by atoms with E-state index in [0.29, 0.717) is 43.2 Å². The van der Waals surface area contributed by atoms with Crippen molar-refractivity contribution in [3.63, 3.8) is 0 Å². The molecule has 4 atom stereocenters. The zero-order valence-electron chi connectivity index (χ0n) is 18.2. The third kappa shape index (κ3) is 4.88. The molecule has 1 unspecified atom stereocenters. The maximum Gasteiger partial charge on any atom is 0.303 e. The smallest absolute Gasteiger partial charge is 0.303 e. The van der Waals surface area contributed by atoms with Gasteiger partial charge in [-0.25, -0.2) is 0 Å². The van der Waals surface area contributed by atoms with E-state index >= 15 is 0 Å². The lowest BCUT2D eigenvalue weighted by molar-refractivity contribution is -0.137. The van der Waals surface area contributed by atoms with Crippen molar-refractivity contribution < 1.29 is 14.7 Å². The third-order valence-electron chi connectivity index (χ3n) is 7.55. The summed E-state index contributed by atoms with van der Waals surface area (Å²) in [5, 5.41) is 16.6. The molecule has 4 fully saturated rings. The number of hydrogen-bond acceptors (Lipinski definition) is 4. The van der Waals surface area contributed by atoms with Crippen LogP contribution in [0.5, 0.6) is 0 Å². The molecule has 1 aromatic rings.